The highest BCUT2D eigenvalue weighted by Crippen LogP contribution is 2.28. The number of aromatic nitrogens is 1. The van der Waals surface area contributed by atoms with Gasteiger partial charge in [0.25, 0.3) is 0 Å². The summed E-state index contributed by atoms with van der Waals surface area (Å²) in [6.45, 7) is 0.807. The maximum Gasteiger partial charge on any atom is 0.149 e. The predicted molar refractivity (Wildman–Crippen MR) is 68.5 cm³/mol. The Kier molecular flexibility index (Phi) is 3.96. The molecule has 0 radical (unpaired) electrons. The van der Waals surface area contributed by atoms with Crippen molar-refractivity contribution in [3.05, 3.63) is 53.3 Å². The van der Waals surface area contributed by atoms with E-state index in [-0.39, 0.29) is 0 Å². The Balaban J connectivity index is 2.18. The van der Waals surface area contributed by atoms with Gasteiger partial charge >= 0.3 is 0 Å². The van der Waals surface area contributed by atoms with Crippen LogP contribution in [0.3, 0.4) is 0 Å². The number of halogens is 1. The minimum Gasteiger partial charge on any atom is -0.456 e. The summed E-state index contributed by atoms with van der Waals surface area (Å²) in [5.41, 5.74) is 1.16. The van der Waals surface area contributed by atoms with E-state index < -0.39 is 0 Å². The van der Waals surface area contributed by atoms with Gasteiger partial charge in [0.05, 0.1) is 0 Å². The molecule has 0 amide bonds. The molecule has 1 aromatic carbocycles. The van der Waals surface area contributed by atoms with Gasteiger partial charge in [-0.25, -0.2) is 0 Å². The van der Waals surface area contributed by atoms with Crippen LogP contribution in [0.1, 0.15) is 5.56 Å². The fourth-order valence-electron chi connectivity index (χ4n) is 1.50. The summed E-state index contributed by atoms with van der Waals surface area (Å²) >= 11 is 5.98. The minimum absolute atomic E-state index is 0.506. The van der Waals surface area contributed by atoms with E-state index in [9.17, 15) is 0 Å². The maximum absolute atomic E-state index is 5.98. The summed E-state index contributed by atoms with van der Waals surface area (Å²) < 4.78 is 5.70. The average Bonchev–Trinajstić information content (AvgIpc) is 2.33. The van der Waals surface area contributed by atoms with Gasteiger partial charge in [0, 0.05) is 25.0 Å². The molecule has 0 aliphatic rings. The van der Waals surface area contributed by atoms with Gasteiger partial charge < -0.3 is 10.1 Å². The second-order valence-corrected chi connectivity index (χ2v) is 3.99. The van der Waals surface area contributed by atoms with Crippen LogP contribution >= 0.6 is 11.6 Å². The number of nitrogens with one attached hydrogen (secondary N) is 1. The zero-order valence-electron chi connectivity index (χ0n) is 9.48. The second-order valence-electron chi connectivity index (χ2n) is 3.59. The second kappa shape index (κ2) is 5.66. The predicted octanol–water partition coefficient (Wildman–Crippen LogP) is 3.25. The molecule has 0 saturated heterocycles. The third-order valence-electron chi connectivity index (χ3n) is 2.24. The van der Waals surface area contributed by atoms with Crippen molar-refractivity contribution in [3.63, 3.8) is 0 Å². The van der Waals surface area contributed by atoms with Crippen molar-refractivity contribution in [2.24, 2.45) is 0 Å². The van der Waals surface area contributed by atoms with Crippen LogP contribution in [-0.2, 0) is 6.54 Å². The van der Waals surface area contributed by atoms with Gasteiger partial charge in [0.1, 0.15) is 16.5 Å². The summed E-state index contributed by atoms with van der Waals surface area (Å²) in [7, 11) is 1.91. The largest absolute Gasteiger partial charge is 0.456 e. The minimum atomic E-state index is 0.506. The standard InChI is InChI=1S/C13H13ClN2O/c1-15-8-10-3-2-4-11(7-10)17-13-5-6-16-9-12(13)14/h2-7,9,15H,8H2,1H3. The maximum atomic E-state index is 5.98. The van der Waals surface area contributed by atoms with Crippen LogP contribution in [0, 0.1) is 0 Å². The molecule has 1 N–H and O–H groups in total. The van der Waals surface area contributed by atoms with Crippen molar-refractivity contribution >= 4 is 11.6 Å². The third kappa shape index (κ3) is 3.19. The van der Waals surface area contributed by atoms with E-state index in [1.807, 2.05) is 31.3 Å². The highest BCUT2D eigenvalue weighted by Gasteiger charge is 2.02. The summed E-state index contributed by atoms with van der Waals surface area (Å²) in [5, 5.41) is 3.60. The molecular formula is C13H13ClN2O. The number of hydrogen-bond donors (Lipinski definition) is 1. The Morgan fingerprint density at radius 2 is 2.24 bits per heavy atom. The first-order valence-electron chi connectivity index (χ1n) is 5.30. The molecule has 0 unspecified atom stereocenters. The highest BCUT2D eigenvalue weighted by atomic mass is 35.5. The van der Waals surface area contributed by atoms with Crippen molar-refractivity contribution in [1.29, 1.82) is 0 Å². The van der Waals surface area contributed by atoms with Crippen LogP contribution in [-0.4, -0.2) is 12.0 Å². The molecule has 1 aromatic heterocycles. The summed E-state index contributed by atoms with van der Waals surface area (Å²) in [5.74, 6) is 1.38. The summed E-state index contributed by atoms with van der Waals surface area (Å²) in [6, 6.07) is 9.62. The smallest absolute Gasteiger partial charge is 0.149 e. The number of rotatable bonds is 4. The van der Waals surface area contributed by atoms with Crippen molar-refractivity contribution < 1.29 is 4.74 Å². The van der Waals surface area contributed by atoms with Gasteiger partial charge in [0.15, 0.2) is 0 Å². The van der Waals surface area contributed by atoms with Gasteiger partial charge in [-0.3, -0.25) is 4.98 Å². The van der Waals surface area contributed by atoms with Crippen molar-refractivity contribution in [2.45, 2.75) is 6.54 Å². The summed E-state index contributed by atoms with van der Waals surface area (Å²) in [4.78, 5) is 3.91. The number of hydrogen-bond acceptors (Lipinski definition) is 3. The first-order chi connectivity index (χ1) is 8.29. The zero-order chi connectivity index (χ0) is 12.1. The van der Waals surface area contributed by atoms with Gasteiger partial charge in [-0.2, -0.15) is 0 Å². The quantitative estimate of drug-likeness (QED) is 0.902. The molecule has 0 spiro atoms. The lowest BCUT2D eigenvalue weighted by molar-refractivity contribution is 0.481. The molecule has 88 valence electrons. The van der Waals surface area contributed by atoms with Crippen LogP contribution in [0.5, 0.6) is 11.5 Å². The van der Waals surface area contributed by atoms with E-state index >= 15 is 0 Å². The molecule has 0 bridgehead atoms. The number of pyridine rings is 1. The van der Waals surface area contributed by atoms with Crippen LogP contribution in [0.2, 0.25) is 5.02 Å². The zero-order valence-corrected chi connectivity index (χ0v) is 10.2. The van der Waals surface area contributed by atoms with E-state index in [2.05, 4.69) is 10.3 Å². The van der Waals surface area contributed by atoms with Crippen molar-refractivity contribution in [2.75, 3.05) is 7.05 Å². The normalized spacial score (nSPS) is 10.2. The average molecular weight is 249 g/mol. The Labute approximate surface area is 105 Å². The lowest BCUT2D eigenvalue weighted by atomic mass is 10.2. The molecule has 17 heavy (non-hydrogen) atoms. The molecule has 0 atom stereocenters. The Morgan fingerprint density at radius 3 is 3.00 bits per heavy atom. The molecule has 2 aromatic rings. The molecule has 0 fully saturated rings. The van der Waals surface area contributed by atoms with Gasteiger partial charge in [-0.05, 0) is 24.7 Å². The monoisotopic (exact) mass is 248 g/mol. The fraction of sp³-hybridized carbons (Fsp3) is 0.154. The first kappa shape index (κ1) is 11.9. The molecule has 0 saturated carbocycles. The number of benzene rings is 1. The van der Waals surface area contributed by atoms with Crippen LogP contribution in [0.4, 0.5) is 0 Å². The lowest BCUT2D eigenvalue weighted by Gasteiger charge is -2.08. The Bertz CT molecular complexity index is 502. The van der Waals surface area contributed by atoms with E-state index in [0.29, 0.717) is 10.8 Å². The first-order valence-corrected chi connectivity index (χ1v) is 5.68. The van der Waals surface area contributed by atoms with E-state index in [1.165, 1.54) is 0 Å². The van der Waals surface area contributed by atoms with E-state index in [0.717, 1.165) is 17.9 Å². The van der Waals surface area contributed by atoms with Gasteiger partial charge in [-0.1, -0.05) is 23.7 Å². The highest BCUT2D eigenvalue weighted by molar-refractivity contribution is 6.31. The van der Waals surface area contributed by atoms with Crippen molar-refractivity contribution in [3.8, 4) is 11.5 Å². The lowest BCUT2D eigenvalue weighted by Crippen LogP contribution is -2.04. The van der Waals surface area contributed by atoms with Gasteiger partial charge in [-0.15, -0.1) is 0 Å². The van der Waals surface area contributed by atoms with E-state index in [1.54, 1.807) is 18.5 Å². The fourth-order valence-corrected chi connectivity index (χ4v) is 1.65. The van der Waals surface area contributed by atoms with Crippen LogP contribution < -0.4 is 10.1 Å². The SMILES string of the molecule is CNCc1cccc(Oc2ccncc2Cl)c1. The molecule has 1 heterocycles. The van der Waals surface area contributed by atoms with Crippen LogP contribution in [0.15, 0.2) is 42.7 Å². The van der Waals surface area contributed by atoms with E-state index in [4.69, 9.17) is 16.3 Å². The van der Waals surface area contributed by atoms with Gasteiger partial charge in [0.2, 0.25) is 0 Å². The number of nitrogens with zero attached hydrogens (tertiary/aromatic N) is 1. The molecule has 0 aliphatic heterocycles. The molecule has 4 heteroatoms. The third-order valence-corrected chi connectivity index (χ3v) is 2.53. The summed E-state index contributed by atoms with van der Waals surface area (Å²) in [6.07, 6.45) is 3.22. The van der Waals surface area contributed by atoms with Crippen LogP contribution in [0.25, 0.3) is 0 Å². The Morgan fingerprint density at radius 1 is 1.35 bits per heavy atom. The topological polar surface area (TPSA) is 34.1 Å². The number of ether oxygens (including phenoxy) is 1. The molecule has 0 aliphatic carbocycles. The molecular weight excluding hydrogens is 236 g/mol. The molecule has 2 rings (SSSR count). The van der Waals surface area contributed by atoms with Crippen molar-refractivity contribution in [1.82, 2.24) is 10.3 Å². The Hall–Kier alpha value is -1.58. The molecule has 3 nitrogen and oxygen atoms in total.